The van der Waals surface area contributed by atoms with E-state index in [1.54, 1.807) is 30.2 Å². The van der Waals surface area contributed by atoms with Crippen LogP contribution in [-0.2, 0) is 20.6 Å². The number of rotatable bonds is 9. The maximum atomic E-state index is 12.1. The number of furan rings is 1. The lowest BCUT2D eigenvalue weighted by molar-refractivity contribution is -0.119. The van der Waals surface area contributed by atoms with Gasteiger partial charge in [0.25, 0.3) is 0 Å². The summed E-state index contributed by atoms with van der Waals surface area (Å²) in [5.41, 5.74) is 0.170. The third-order valence-corrected chi connectivity index (χ3v) is 6.20. The number of carbonyl (C=O) groups excluding carboxylic acids is 1. The summed E-state index contributed by atoms with van der Waals surface area (Å²) in [7, 11) is -3.71. The van der Waals surface area contributed by atoms with Gasteiger partial charge >= 0.3 is 0 Å². The first-order valence-electron chi connectivity index (χ1n) is 7.57. The van der Waals surface area contributed by atoms with Crippen LogP contribution < -0.4 is 9.62 Å². The van der Waals surface area contributed by atoms with E-state index in [9.17, 15) is 13.2 Å². The lowest BCUT2D eigenvalue weighted by Crippen LogP contribution is -2.41. The first-order valence-corrected chi connectivity index (χ1v) is 11.3. The van der Waals surface area contributed by atoms with Crippen molar-refractivity contribution in [3.8, 4) is 0 Å². The van der Waals surface area contributed by atoms with Crippen molar-refractivity contribution in [3.63, 3.8) is 0 Å². The fourth-order valence-electron chi connectivity index (χ4n) is 2.08. The Balaban J connectivity index is 1.90. The van der Waals surface area contributed by atoms with Crippen LogP contribution in [0, 0.1) is 0 Å². The predicted octanol–water partition coefficient (Wildman–Crippen LogP) is 3.40. The van der Waals surface area contributed by atoms with E-state index in [-0.39, 0.29) is 22.3 Å². The van der Waals surface area contributed by atoms with Crippen molar-refractivity contribution in [2.24, 2.45) is 0 Å². The second kappa shape index (κ2) is 9.55. The van der Waals surface area contributed by atoms with Gasteiger partial charge in [-0.15, -0.1) is 0 Å². The molecule has 6 nitrogen and oxygen atoms in total. The summed E-state index contributed by atoms with van der Waals surface area (Å²) in [4.78, 5) is 12.1. The molecule has 1 amide bonds. The van der Waals surface area contributed by atoms with Gasteiger partial charge in [0, 0.05) is 12.3 Å². The quantitative estimate of drug-likeness (QED) is 0.609. The number of hydrogen-bond acceptors (Lipinski definition) is 5. The van der Waals surface area contributed by atoms with Gasteiger partial charge in [-0.3, -0.25) is 9.10 Å². The van der Waals surface area contributed by atoms with Crippen molar-refractivity contribution < 1.29 is 17.6 Å². The molecule has 0 aliphatic carbocycles. The molecule has 0 saturated heterocycles. The molecule has 142 valence electrons. The zero-order valence-corrected chi connectivity index (χ0v) is 17.1. The van der Waals surface area contributed by atoms with Crippen LogP contribution in [-0.4, -0.2) is 39.4 Å². The van der Waals surface area contributed by atoms with Crippen molar-refractivity contribution in [3.05, 3.63) is 52.4 Å². The van der Waals surface area contributed by atoms with Crippen LogP contribution in [0.2, 0.25) is 10.0 Å². The van der Waals surface area contributed by atoms with Gasteiger partial charge in [0.05, 0.1) is 34.0 Å². The van der Waals surface area contributed by atoms with Crippen molar-refractivity contribution >= 4 is 56.6 Å². The number of nitrogens with zero attached hydrogens (tertiary/aromatic N) is 1. The summed E-state index contributed by atoms with van der Waals surface area (Å²) in [6.45, 7) is 0.0346. The van der Waals surface area contributed by atoms with Crippen LogP contribution in [0.15, 0.2) is 41.0 Å². The number of anilines is 1. The number of halogens is 2. The van der Waals surface area contributed by atoms with Crippen LogP contribution in [0.5, 0.6) is 0 Å². The molecule has 0 atom stereocenters. The largest absolute Gasteiger partial charge is 0.468 e. The summed E-state index contributed by atoms with van der Waals surface area (Å²) < 4.78 is 30.3. The SMILES string of the molecule is CS(=O)(=O)N(CC(=O)NCCSCc1ccco1)c1cccc(Cl)c1Cl. The molecule has 0 fully saturated rings. The number of thioether (sulfide) groups is 1. The fourth-order valence-corrected chi connectivity index (χ4v) is 4.15. The molecule has 26 heavy (non-hydrogen) atoms. The Morgan fingerprint density at radius 3 is 2.69 bits per heavy atom. The van der Waals surface area contributed by atoms with Gasteiger partial charge in [0.1, 0.15) is 12.3 Å². The third-order valence-electron chi connectivity index (χ3n) is 3.28. The van der Waals surface area contributed by atoms with E-state index >= 15 is 0 Å². The number of carbonyl (C=O) groups is 1. The van der Waals surface area contributed by atoms with Crippen LogP contribution in [0.1, 0.15) is 5.76 Å². The van der Waals surface area contributed by atoms with Gasteiger partial charge in [-0.05, 0) is 24.3 Å². The zero-order chi connectivity index (χ0) is 19.2. The normalized spacial score (nSPS) is 11.3. The molecular formula is C16H18Cl2N2O4S2. The Hall–Kier alpha value is -1.35. The highest BCUT2D eigenvalue weighted by Gasteiger charge is 2.23. The third kappa shape index (κ3) is 6.12. The number of sulfonamides is 1. The maximum absolute atomic E-state index is 12.1. The van der Waals surface area contributed by atoms with Crippen molar-refractivity contribution in [1.82, 2.24) is 5.32 Å². The van der Waals surface area contributed by atoms with Gasteiger partial charge in [-0.2, -0.15) is 11.8 Å². The summed E-state index contributed by atoms with van der Waals surface area (Å²) in [5.74, 6) is 1.81. The number of amides is 1. The predicted molar refractivity (Wildman–Crippen MR) is 107 cm³/mol. The Morgan fingerprint density at radius 1 is 1.27 bits per heavy atom. The minimum atomic E-state index is -3.71. The van der Waals surface area contributed by atoms with Crippen LogP contribution in [0.25, 0.3) is 0 Å². The molecule has 1 aromatic carbocycles. The Morgan fingerprint density at radius 2 is 2.04 bits per heavy atom. The van der Waals surface area contributed by atoms with Crippen LogP contribution in [0.4, 0.5) is 5.69 Å². The molecule has 2 rings (SSSR count). The maximum Gasteiger partial charge on any atom is 0.240 e. The second-order valence-electron chi connectivity index (χ2n) is 5.32. The molecule has 1 heterocycles. The average molecular weight is 437 g/mol. The molecular weight excluding hydrogens is 419 g/mol. The molecule has 10 heteroatoms. The molecule has 2 aromatic rings. The first kappa shape index (κ1) is 21.0. The molecule has 1 aromatic heterocycles. The number of nitrogens with one attached hydrogen (secondary N) is 1. The van der Waals surface area contributed by atoms with E-state index in [0.29, 0.717) is 18.1 Å². The van der Waals surface area contributed by atoms with E-state index in [1.807, 2.05) is 12.1 Å². The van der Waals surface area contributed by atoms with Crippen molar-refractivity contribution in [2.75, 3.05) is 29.4 Å². The van der Waals surface area contributed by atoms with Gasteiger partial charge in [-0.25, -0.2) is 8.42 Å². The van der Waals surface area contributed by atoms with Gasteiger partial charge < -0.3 is 9.73 Å². The monoisotopic (exact) mass is 436 g/mol. The molecule has 0 aliphatic heterocycles. The molecule has 0 saturated carbocycles. The Kier molecular flexibility index (Phi) is 7.69. The smallest absolute Gasteiger partial charge is 0.240 e. The number of hydrogen-bond donors (Lipinski definition) is 1. The minimum Gasteiger partial charge on any atom is -0.468 e. The molecule has 0 unspecified atom stereocenters. The minimum absolute atomic E-state index is 0.0846. The van der Waals surface area contributed by atoms with E-state index in [2.05, 4.69) is 5.32 Å². The lowest BCUT2D eigenvalue weighted by atomic mass is 10.3. The van der Waals surface area contributed by atoms with E-state index in [4.69, 9.17) is 27.6 Å². The zero-order valence-electron chi connectivity index (χ0n) is 13.9. The van der Waals surface area contributed by atoms with Gasteiger partial charge in [0.2, 0.25) is 15.9 Å². The van der Waals surface area contributed by atoms with Crippen LogP contribution in [0.3, 0.4) is 0 Å². The average Bonchev–Trinajstić information content (AvgIpc) is 3.07. The molecule has 1 N–H and O–H groups in total. The lowest BCUT2D eigenvalue weighted by Gasteiger charge is -2.23. The summed E-state index contributed by atoms with van der Waals surface area (Å²) >= 11 is 13.6. The highest BCUT2D eigenvalue weighted by molar-refractivity contribution is 7.98. The van der Waals surface area contributed by atoms with E-state index in [1.165, 1.54) is 6.07 Å². The summed E-state index contributed by atoms with van der Waals surface area (Å²) in [6, 6.07) is 8.32. The van der Waals surface area contributed by atoms with E-state index in [0.717, 1.165) is 16.3 Å². The number of benzene rings is 1. The topological polar surface area (TPSA) is 79.6 Å². The fraction of sp³-hybridized carbons (Fsp3) is 0.312. The van der Waals surface area contributed by atoms with Crippen molar-refractivity contribution in [2.45, 2.75) is 5.75 Å². The highest BCUT2D eigenvalue weighted by Crippen LogP contribution is 2.33. The Bertz CT molecular complexity index is 842. The first-order chi connectivity index (χ1) is 12.3. The standard InChI is InChI=1S/C16H18Cl2N2O4S2/c1-26(22,23)20(14-6-2-5-13(17)16(14)18)10-15(21)19-7-9-25-11-12-4-3-8-24-12/h2-6,8H,7,9-11H2,1H3,(H,19,21). The summed E-state index contributed by atoms with van der Waals surface area (Å²) in [6.07, 6.45) is 2.62. The van der Waals surface area contributed by atoms with E-state index < -0.39 is 15.9 Å². The summed E-state index contributed by atoms with van der Waals surface area (Å²) in [5, 5.41) is 3.00. The molecule has 0 bridgehead atoms. The molecule has 0 aliphatic rings. The Labute approximate surface area is 166 Å². The van der Waals surface area contributed by atoms with Gasteiger partial charge in [0.15, 0.2) is 0 Å². The van der Waals surface area contributed by atoms with Crippen LogP contribution >= 0.6 is 35.0 Å². The highest BCUT2D eigenvalue weighted by atomic mass is 35.5. The molecule has 0 radical (unpaired) electrons. The second-order valence-corrected chi connectivity index (χ2v) is 9.12. The van der Waals surface area contributed by atoms with Gasteiger partial charge in [-0.1, -0.05) is 29.3 Å². The van der Waals surface area contributed by atoms with Crippen molar-refractivity contribution in [1.29, 1.82) is 0 Å². The molecule has 0 spiro atoms.